The molecule has 2 N–H and O–H groups in total. The summed E-state index contributed by atoms with van der Waals surface area (Å²) >= 11 is 3.28. The molecule has 0 saturated heterocycles. The van der Waals surface area contributed by atoms with Gasteiger partial charge in [-0.05, 0) is 45.8 Å². The molecule has 0 radical (unpaired) electrons. The number of carbonyl (C=O) groups is 1. The number of para-hydroxylation sites is 1. The number of hydrogen-bond donors (Lipinski definition) is 1. The predicted octanol–water partition coefficient (Wildman–Crippen LogP) is 2.06. The first-order valence-corrected chi connectivity index (χ1v) is 9.34. The molecule has 6 nitrogen and oxygen atoms in total. The number of fused-ring (bicyclic) bond motifs is 1. The summed E-state index contributed by atoms with van der Waals surface area (Å²) in [7, 11) is -2.45. The van der Waals surface area contributed by atoms with Crippen LogP contribution in [0, 0.1) is 0 Å². The van der Waals surface area contributed by atoms with Gasteiger partial charge in [0, 0.05) is 6.42 Å². The Kier molecular flexibility index (Phi) is 4.27. The molecule has 0 aliphatic carbocycles. The smallest absolute Gasteiger partial charge is 0.265 e. The van der Waals surface area contributed by atoms with Crippen molar-refractivity contribution in [3.05, 3.63) is 52.5 Å². The normalized spacial score (nSPS) is 16.8. The Bertz CT molecular complexity index is 914. The fraction of sp³-hybridized carbons (Fsp3) is 0.188. The molecule has 126 valence electrons. The number of anilines is 1. The number of methoxy groups -OCH3 is 1. The third-order valence-corrected chi connectivity index (χ3v) is 6.37. The summed E-state index contributed by atoms with van der Waals surface area (Å²) in [4.78, 5) is 11.9. The molecule has 0 bridgehead atoms. The molecular weight excluding hydrogens is 396 g/mol. The maximum Gasteiger partial charge on any atom is 0.265 e. The van der Waals surface area contributed by atoms with E-state index >= 15 is 0 Å². The zero-order chi connectivity index (χ0) is 17.5. The van der Waals surface area contributed by atoms with E-state index < -0.39 is 22.0 Å². The summed E-state index contributed by atoms with van der Waals surface area (Å²) in [6.45, 7) is 0. The summed E-state index contributed by atoms with van der Waals surface area (Å²) in [5, 5.41) is 0. The quantitative estimate of drug-likeness (QED) is 0.834. The topological polar surface area (TPSA) is 89.7 Å². The van der Waals surface area contributed by atoms with Crippen molar-refractivity contribution in [1.29, 1.82) is 0 Å². The summed E-state index contributed by atoms with van der Waals surface area (Å²) in [6, 6.07) is 10.5. The maximum absolute atomic E-state index is 13.1. The van der Waals surface area contributed by atoms with Crippen LogP contribution in [0.3, 0.4) is 0 Å². The number of ether oxygens (including phenoxy) is 1. The molecule has 2 aromatic rings. The van der Waals surface area contributed by atoms with E-state index in [1.807, 2.05) is 0 Å². The Labute approximate surface area is 148 Å². The molecule has 8 heteroatoms. The van der Waals surface area contributed by atoms with Gasteiger partial charge in [-0.15, -0.1) is 0 Å². The van der Waals surface area contributed by atoms with Gasteiger partial charge >= 0.3 is 0 Å². The van der Waals surface area contributed by atoms with Gasteiger partial charge in [-0.1, -0.05) is 18.2 Å². The van der Waals surface area contributed by atoms with Crippen molar-refractivity contribution in [3.63, 3.8) is 0 Å². The van der Waals surface area contributed by atoms with Gasteiger partial charge in [-0.3, -0.25) is 9.10 Å². The molecule has 0 aromatic heterocycles. The number of nitrogens with zero attached hydrogens (tertiary/aromatic N) is 1. The molecule has 0 fully saturated rings. The number of amides is 1. The Morgan fingerprint density at radius 3 is 2.62 bits per heavy atom. The second kappa shape index (κ2) is 6.10. The molecule has 0 saturated carbocycles. The van der Waals surface area contributed by atoms with Crippen LogP contribution in [-0.4, -0.2) is 27.5 Å². The molecule has 24 heavy (non-hydrogen) atoms. The highest BCUT2D eigenvalue weighted by Crippen LogP contribution is 2.38. The summed E-state index contributed by atoms with van der Waals surface area (Å²) in [5.41, 5.74) is 6.70. The molecule has 1 amide bonds. The molecule has 1 aliphatic heterocycles. The summed E-state index contributed by atoms with van der Waals surface area (Å²) in [6.07, 6.45) is 0.266. The molecule has 1 heterocycles. The van der Waals surface area contributed by atoms with Crippen molar-refractivity contribution in [3.8, 4) is 5.75 Å². The number of halogens is 1. The minimum Gasteiger partial charge on any atom is -0.496 e. The second-order valence-corrected chi connectivity index (χ2v) is 8.02. The minimum atomic E-state index is -3.95. The fourth-order valence-corrected chi connectivity index (χ4v) is 5.17. The molecular formula is C16H15BrN2O4S. The van der Waals surface area contributed by atoms with E-state index in [-0.39, 0.29) is 11.3 Å². The monoisotopic (exact) mass is 410 g/mol. The first kappa shape index (κ1) is 16.8. The van der Waals surface area contributed by atoms with Crippen LogP contribution in [0.2, 0.25) is 0 Å². The van der Waals surface area contributed by atoms with Crippen LogP contribution < -0.4 is 14.8 Å². The predicted molar refractivity (Wildman–Crippen MR) is 93.5 cm³/mol. The number of hydrogen-bond acceptors (Lipinski definition) is 4. The first-order valence-electron chi connectivity index (χ1n) is 7.11. The van der Waals surface area contributed by atoms with Crippen molar-refractivity contribution < 1.29 is 17.9 Å². The molecule has 0 spiro atoms. The largest absolute Gasteiger partial charge is 0.496 e. The molecule has 1 atom stereocenters. The molecule has 0 unspecified atom stereocenters. The van der Waals surface area contributed by atoms with Gasteiger partial charge in [0.25, 0.3) is 10.0 Å². The Morgan fingerprint density at radius 2 is 2.00 bits per heavy atom. The van der Waals surface area contributed by atoms with Crippen LogP contribution in [0.4, 0.5) is 5.69 Å². The van der Waals surface area contributed by atoms with Gasteiger partial charge in [0.15, 0.2) is 0 Å². The Balaban J connectivity index is 2.14. The second-order valence-electron chi connectivity index (χ2n) is 5.35. The lowest BCUT2D eigenvalue weighted by atomic mass is 10.1. The lowest BCUT2D eigenvalue weighted by Crippen LogP contribution is -2.45. The van der Waals surface area contributed by atoms with Crippen LogP contribution in [0.15, 0.2) is 51.8 Å². The van der Waals surface area contributed by atoms with Crippen molar-refractivity contribution in [2.24, 2.45) is 5.73 Å². The van der Waals surface area contributed by atoms with E-state index in [0.29, 0.717) is 15.9 Å². The zero-order valence-corrected chi connectivity index (χ0v) is 15.2. The standard InChI is InChI=1S/C16H15BrN2O4S/c1-23-15-7-6-11(9-12(15)17)24(21,22)19-13-5-3-2-4-10(13)8-14(19)16(18)20/h2-7,9,14H,8H2,1H3,(H2,18,20)/t14-/m0/s1. The van der Waals surface area contributed by atoms with E-state index in [2.05, 4.69) is 15.9 Å². The van der Waals surface area contributed by atoms with Crippen LogP contribution in [0.25, 0.3) is 0 Å². The van der Waals surface area contributed by atoms with Crippen LogP contribution in [-0.2, 0) is 21.2 Å². The van der Waals surface area contributed by atoms with Crippen molar-refractivity contribution in [2.75, 3.05) is 11.4 Å². The number of sulfonamides is 1. The molecule has 1 aliphatic rings. The average molecular weight is 411 g/mol. The molecule has 3 rings (SSSR count). The zero-order valence-electron chi connectivity index (χ0n) is 12.8. The number of benzene rings is 2. The van der Waals surface area contributed by atoms with E-state index in [9.17, 15) is 13.2 Å². The van der Waals surface area contributed by atoms with Crippen LogP contribution >= 0.6 is 15.9 Å². The Morgan fingerprint density at radius 1 is 1.29 bits per heavy atom. The lowest BCUT2D eigenvalue weighted by Gasteiger charge is -2.25. The maximum atomic E-state index is 13.1. The van der Waals surface area contributed by atoms with Crippen LogP contribution in [0.5, 0.6) is 5.75 Å². The first-order chi connectivity index (χ1) is 11.4. The average Bonchev–Trinajstić information content (AvgIpc) is 2.95. The van der Waals surface area contributed by atoms with Crippen molar-refractivity contribution in [1.82, 2.24) is 0 Å². The highest BCUT2D eigenvalue weighted by atomic mass is 79.9. The van der Waals surface area contributed by atoms with E-state index in [1.165, 1.54) is 19.2 Å². The van der Waals surface area contributed by atoms with Crippen molar-refractivity contribution in [2.45, 2.75) is 17.4 Å². The molecule has 2 aromatic carbocycles. The van der Waals surface area contributed by atoms with Gasteiger partial charge in [-0.2, -0.15) is 0 Å². The third kappa shape index (κ3) is 2.65. The van der Waals surface area contributed by atoms with Gasteiger partial charge in [0.05, 0.1) is 22.2 Å². The lowest BCUT2D eigenvalue weighted by molar-refractivity contribution is -0.118. The van der Waals surface area contributed by atoms with Gasteiger partial charge in [-0.25, -0.2) is 8.42 Å². The van der Waals surface area contributed by atoms with E-state index in [1.54, 1.807) is 30.3 Å². The number of rotatable bonds is 4. The van der Waals surface area contributed by atoms with Gasteiger partial charge < -0.3 is 10.5 Å². The summed E-state index contributed by atoms with van der Waals surface area (Å²) < 4.78 is 33.0. The number of carbonyl (C=O) groups excluding carboxylic acids is 1. The van der Waals surface area contributed by atoms with E-state index in [4.69, 9.17) is 10.5 Å². The van der Waals surface area contributed by atoms with Gasteiger partial charge in [0.1, 0.15) is 11.8 Å². The fourth-order valence-electron chi connectivity index (χ4n) is 2.79. The highest BCUT2D eigenvalue weighted by molar-refractivity contribution is 9.10. The Hall–Kier alpha value is -2.06. The third-order valence-electron chi connectivity index (χ3n) is 3.93. The van der Waals surface area contributed by atoms with Gasteiger partial charge in [0.2, 0.25) is 5.91 Å². The highest BCUT2D eigenvalue weighted by Gasteiger charge is 2.41. The van der Waals surface area contributed by atoms with E-state index in [0.717, 1.165) is 9.87 Å². The number of primary amides is 1. The SMILES string of the molecule is COc1ccc(S(=O)(=O)N2c3ccccc3C[C@H]2C(N)=O)cc1Br. The minimum absolute atomic E-state index is 0.0538. The van der Waals surface area contributed by atoms with Crippen molar-refractivity contribution >= 4 is 37.5 Å². The number of nitrogens with two attached hydrogens (primary N) is 1. The summed E-state index contributed by atoms with van der Waals surface area (Å²) in [5.74, 6) is -0.162. The van der Waals surface area contributed by atoms with Crippen LogP contribution in [0.1, 0.15) is 5.56 Å².